The summed E-state index contributed by atoms with van der Waals surface area (Å²) in [5.74, 6) is 0.0938. The Morgan fingerprint density at radius 1 is 0.926 bits per heavy atom. The van der Waals surface area contributed by atoms with Crippen molar-refractivity contribution in [3.63, 3.8) is 0 Å². The molecule has 3 aromatic rings. The van der Waals surface area contributed by atoms with E-state index in [2.05, 4.69) is 33.3 Å². The molecule has 0 bridgehead atoms. The van der Waals surface area contributed by atoms with Crippen LogP contribution in [0.1, 0.15) is 11.3 Å². The van der Waals surface area contributed by atoms with E-state index in [9.17, 15) is 9.65 Å². The Kier molecular flexibility index (Phi) is 4.81. The van der Waals surface area contributed by atoms with Gasteiger partial charge in [-0.05, 0) is 17.7 Å². The monoisotopic (exact) mass is 362 g/mol. The Bertz CT molecular complexity index is 954. The molecule has 136 valence electrons. The number of nitrogens with zero attached hydrogens (tertiary/aromatic N) is 6. The molecule has 0 amide bonds. The minimum absolute atomic E-state index is 0.217. The number of nitriles is 1. The second-order valence-electron chi connectivity index (χ2n) is 6.47. The molecule has 6 nitrogen and oxygen atoms in total. The Labute approximate surface area is 157 Å². The lowest BCUT2D eigenvalue weighted by Gasteiger charge is -2.34. The van der Waals surface area contributed by atoms with Gasteiger partial charge in [0, 0.05) is 32.7 Å². The first kappa shape index (κ1) is 17.2. The molecule has 0 atom stereocenters. The summed E-state index contributed by atoms with van der Waals surface area (Å²) >= 11 is 0. The smallest absolute Gasteiger partial charge is 0.207 e. The van der Waals surface area contributed by atoms with Crippen molar-refractivity contribution in [2.75, 3.05) is 31.1 Å². The molecule has 1 aliphatic rings. The van der Waals surface area contributed by atoms with Crippen molar-refractivity contribution in [2.24, 2.45) is 0 Å². The van der Waals surface area contributed by atoms with E-state index in [0.29, 0.717) is 5.82 Å². The van der Waals surface area contributed by atoms with Crippen LogP contribution >= 0.6 is 0 Å². The minimum atomic E-state index is -0.420. The van der Waals surface area contributed by atoms with Crippen LogP contribution in [0.2, 0.25) is 0 Å². The number of hydrogen-bond acceptors (Lipinski definition) is 5. The first-order valence-electron chi connectivity index (χ1n) is 8.88. The van der Waals surface area contributed by atoms with Gasteiger partial charge in [-0.3, -0.25) is 4.90 Å². The Morgan fingerprint density at radius 2 is 1.63 bits per heavy atom. The van der Waals surface area contributed by atoms with Crippen molar-refractivity contribution in [1.82, 2.24) is 19.9 Å². The fraction of sp³-hybridized carbons (Fsp3) is 0.250. The zero-order chi connectivity index (χ0) is 18.6. The molecule has 2 aromatic carbocycles. The Balaban J connectivity index is 1.48. The van der Waals surface area contributed by atoms with E-state index in [4.69, 9.17) is 0 Å². The third-order valence-corrected chi connectivity index (χ3v) is 4.69. The summed E-state index contributed by atoms with van der Waals surface area (Å²) in [6, 6.07) is 18.7. The van der Waals surface area contributed by atoms with Crippen LogP contribution in [0.5, 0.6) is 0 Å². The Hall–Kier alpha value is -3.24. The average Bonchev–Trinajstić information content (AvgIpc) is 3.14. The van der Waals surface area contributed by atoms with Gasteiger partial charge in [0.1, 0.15) is 11.8 Å². The molecule has 7 heteroatoms. The van der Waals surface area contributed by atoms with Crippen LogP contribution in [0.3, 0.4) is 0 Å². The van der Waals surface area contributed by atoms with Crippen molar-refractivity contribution in [3.8, 4) is 11.8 Å². The lowest BCUT2D eigenvalue weighted by molar-refractivity contribution is 0.249. The predicted molar refractivity (Wildman–Crippen MR) is 100.0 cm³/mol. The van der Waals surface area contributed by atoms with Crippen molar-refractivity contribution >= 4 is 5.82 Å². The predicted octanol–water partition coefficient (Wildman–Crippen LogP) is 2.60. The third kappa shape index (κ3) is 3.66. The van der Waals surface area contributed by atoms with Crippen LogP contribution in [0.4, 0.5) is 10.2 Å². The fourth-order valence-electron chi connectivity index (χ4n) is 3.27. The molecule has 0 spiro atoms. The molecule has 1 fully saturated rings. The van der Waals surface area contributed by atoms with Gasteiger partial charge in [-0.15, -0.1) is 15.0 Å². The van der Waals surface area contributed by atoms with Crippen LogP contribution in [0.25, 0.3) is 5.69 Å². The average molecular weight is 362 g/mol. The van der Waals surface area contributed by atoms with Gasteiger partial charge >= 0.3 is 0 Å². The van der Waals surface area contributed by atoms with Gasteiger partial charge < -0.3 is 4.90 Å². The molecular formula is C20H19FN6. The molecule has 1 aromatic heterocycles. The summed E-state index contributed by atoms with van der Waals surface area (Å²) in [6.07, 6.45) is 0. The van der Waals surface area contributed by atoms with Gasteiger partial charge in [-0.2, -0.15) is 5.26 Å². The standard InChI is InChI=1S/C20H19FN6/c21-17-8-4-5-9-19(17)27-23-18(14-22)20(24-27)26-12-10-25(11-13-26)15-16-6-2-1-3-7-16/h1-9H,10-13,15H2. The number of halogens is 1. The molecule has 27 heavy (non-hydrogen) atoms. The van der Waals surface area contributed by atoms with Gasteiger partial charge in [0.15, 0.2) is 11.6 Å². The number of aromatic nitrogens is 3. The molecule has 0 radical (unpaired) electrons. The van der Waals surface area contributed by atoms with Gasteiger partial charge in [-0.25, -0.2) is 4.39 Å². The van der Waals surface area contributed by atoms with E-state index in [1.165, 1.54) is 16.4 Å². The number of hydrogen-bond donors (Lipinski definition) is 0. The first-order chi connectivity index (χ1) is 13.2. The third-order valence-electron chi connectivity index (χ3n) is 4.69. The van der Waals surface area contributed by atoms with Crippen LogP contribution in [-0.2, 0) is 6.54 Å². The number of rotatable bonds is 4. The fourth-order valence-corrected chi connectivity index (χ4v) is 3.27. The highest BCUT2D eigenvalue weighted by Gasteiger charge is 2.24. The zero-order valence-electron chi connectivity index (χ0n) is 14.8. The second kappa shape index (κ2) is 7.56. The lowest BCUT2D eigenvalue weighted by atomic mass is 10.2. The summed E-state index contributed by atoms with van der Waals surface area (Å²) in [6.45, 7) is 4.13. The van der Waals surface area contributed by atoms with Gasteiger partial charge in [0.2, 0.25) is 5.69 Å². The maximum atomic E-state index is 14.0. The van der Waals surface area contributed by atoms with E-state index in [1.807, 2.05) is 23.1 Å². The van der Waals surface area contributed by atoms with E-state index >= 15 is 0 Å². The van der Waals surface area contributed by atoms with Gasteiger partial charge in [0.25, 0.3) is 0 Å². The number of benzene rings is 2. The van der Waals surface area contributed by atoms with E-state index in [1.54, 1.807) is 18.2 Å². The van der Waals surface area contributed by atoms with Crippen molar-refractivity contribution in [3.05, 3.63) is 71.7 Å². The van der Waals surface area contributed by atoms with Crippen LogP contribution in [0, 0.1) is 17.1 Å². The van der Waals surface area contributed by atoms with Crippen LogP contribution in [-0.4, -0.2) is 46.1 Å². The summed E-state index contributed by atoms with van der Waals surface area (Å²) in [7, 11) is 0. The maximum Gasteiger partial charge on any atom is 0.207 e. The van der Waals surface area contributed by atoms with Crippen LogP contribution in [0.15, 0.2) is 54.6 Å². The number of anilines is 1. The van der Waals surface area contributed by atoms with Crippen LogP contribution < -0.4 is 4.90 Å². The molecule has 0 aliphatic carbocycles. The molecule has 1 aliphatic heterocycles. The van der Waals surface area contributed by atoms with Crippen molar-refractivity contribution in [2.45, 2.75) is 6.54 Å². The lowest BCUT2D eigenvalue weighted by Crippen LogP contribution is -2.46. The molecule has 0 N–H and O–H groups in total. The van der Waals surface area contributed by atoms with Gasteiger partial charge in [0.05, 0.1) is 0 Å². The first-order valence-corrected chi connectivity index (χ1v) is 8.88. The van der Waals surface area contributed by atoms with Gasteiger partial charge in [-0.1, -0.05) is 42.5 Å². The summed E-state index contributed by atoms with van der Waals surface area (Å²) in [5, 5.41) is 18.0. The van der Waals surface area contributed by atoms with E-state index in [-0.39, 0.29) is 11.4 Å². The van der Waals surface area contributed by atoms with Crippen molar-refractivity contribution < 1.29 is 4.39 Å². The normalized spacial score (nSPS) is 14.9. The highest BCUT2D eigenvalue weighted by molar-refractivity contribution is 5.50. The summed E-state index contributed by atoms with van der Waals surface area (Å²) < 4.78 is 14.0. The van der Waals surface area contributed by atoms with E-state index in [0.717, 1.165) is 32.7 Å². The SMILES string of the molecule is N#Cc1nn(-c2ccccc2F)nc1N1CCN(Cc2ccccc2)CC1. The highest BCUT2D eigenvalue weighted by atomic mass is 19.1. The maximum absolute atomic E-state index is 14.0. The largest absolute Gasteiger partial charge is 0.350 e. The molecular weight excluding hydrogens is 343 g/mol. The zero-order valence-corrected chi connectivity index (χ0v) is 14.8. The Morgan fingerprint density at radius 3 is 2.33 bits per heavy atom. The summed E-state index contributed by atoms with van der Waals surface area (Å²) in [4.78, 5) is 5.63. The summed E-state index contributed by atoms with van der Waals surface area (Å²) in [5.41, 5.74) is 1.74. The highest BCUT2D eigenvalue weighted by Crippen LogP contribution is 2.20. The second-order valence-corrected chi connectivity index (χ2v) is 6.47. The minimum Gasteiger partial charge on any atom is -0.350 e. The molecule has 2 heterocycles. The van der Waals surface area contributed by atoms with Crippen molar-refractivity contribution in [1.29, 1.82) is 5.26 Å². The molecule has 1 saturated heterocycles. The number of para-hydroxylation sites is 1. The topological polar surface area (TPSA) is 61.0 Å². The molecule has 4 rings (SSSR count). The number of piperazine rings is 1. The molecule has 0 saturated carbocycles. The molecule has 0 unspecified atom stereocenters. The van der Waals surface area contributed by atoms with E-state index < -0.39 is 5.82 Å². The quantitative estimate of drug-likeness (QED) is 0.714.